The molecule has 0 saturated carbocycles. The summed E-state index contributed by atoms with van der Waals surface area (Å²) in [4.78, 5) is 29.6. The van der Waals surface area contributed by atoms with E-state index in [2.05, 4.69) is 34.1 Å². The number of carbonyl (C=O) groups is 1. The number of carbonyl (C=O) groups excluding carboxylic acids is 1. The van der Waals surface area contributed by atoms with Gasteiger partial charge in [-0.15, -0.1) is 0 Å². The maximum atomic E-state index is 12.7. The zero-order chi connectivity index (χ0) is 22.1. The quantitative estimate of drug-likeness (QED) is 0.616. The number of nitrogens with one attached hydrogen (secondary N) is 1. The summed E-state index contributed by atoms with van der Waals surface area (Å²) in [7, 11) is 1.82. The fourth-order valence-electron chi connectivity index (χ4n) is 3.70. The molecule has 1 aliphatic heterocycles. The second kappa shape index (κ2) is 8.55. The first-order chi connectivity index (χ1) is 14.8. The highest BCUT2D eigenvalue weighted by Crippen LogP contribution is 2.27. The summed E-state index contributed by atoms with van der Waals surface area (Å²) in [5.41, 5.74) is 1.78. The van der Waals surface area contributed by atoms with Gasteiger partial charge in [0.25, 0.3) is 0 Å². The fraction of sp³-hybridized carbons (Fsp3) is 0.364. The van der Waals surface area contributed by atoms with E-state index in [1.54, 1.807) is 28.4 Å². The molecule has 0 bridgehead atoms. The van der Waals surface area contributed by atoms with Gasteiger partial charge >= 0.3 is 6.03 Å². The van der Waals surface area contributed by atoms with Crippen LogP contribution in [0.5, 0.6) is 0 Å². The van der Waals surface area contributed by atoms with Crippen LogP contribution in [0, 0.1) is 5.92 Å². The maximum Gasteiger partial charge on any atom is 0.325 e. The van der Waals surface area contributed by atoms with E-state index in [1.165, 1.54) is 0 Å². The summed E-state index contributed by atoms with van der Waals surface area (Å²) in [5.74, 6) is 1.36. The molecule has 9 heteroatoms. The van der Waals surface area contributed by atoms with E-state index in [4.69, 9.17) is 11.6 Å². The molecule has 2 amide bonds. The largest absolute Gasteiger partial charge is 0.346 e. The van der Waals surface area contributed by atoms with Crippen LogP contribution in [0.15, 0.2) is 49.1 Å². The topological polar surface area (TPSA) is 79.2 Å². The number of nitrogens with zero attached hydrogens (tertiary/aromatic N) is 6. The van der Waals surface area contributed by atoms with Gasteiger partial charge in [0.05, 0.1) is 24.1 Å². The molecule has 1 aliphatic rings. The van der Waals surface area contributed by atoms with Gasteiger partial charge in [-0.3, -0.25) is 4.90 Å². The predicted molar refractivity (Wildman–Crippen MR) is 122 cm³/mol. The Labute approximate surface area is 186 Å². The van der Waals surface area contributed by atoms with Crippen LogP contribution in [0.4, 0.5) is 16.6 Å². The molecule has 1 saturated heterocycles. The molecular formula is C22H26ClN7O. The van der Waals surface area contributed by atoms with E-state index in [9.17, 15) is 4.79 Å². The number of likely N-dealkylation sites (N-methyl/N-ethyl adjacent to an activating group) is 1. The SMILES string of the molecule is CC(C)[C@H]1CN(C)C(=O)N1c1ccnc(N[C@@H](C)c2cn(-c3cccc(Cl)c3)cn2)n1. The van der Waals surface area contributed by atoms with Gasteiger partial charge < -0.3 is 14.8 Å². The van der Waals surface area contributed by atoms with Crippen LogP contribution in [0.1, 0.15) is 32.5 Å². The summed E-state index contributed by atoms with van der Waals surface area (Å²) < 4.78 is 1.92. The van der Waals surface area contributed by atoms with Crippen molar-refractivity contribution in [3.05, 3.63) is 59.8 Å². The Morgan fingerprint density at radius 1 is 1.19 bits per heavy atom. The minimum absolute atomic E-state index is 0.0448. The maximum absolute atomic E-state index is 12.7. The standard InChI is InChI=1S/C22H26ClN7O/c1-14(2)19-12-28(4)22(31)30(19)20-8-9-24-21(27-20)26-15(3)18-11-29(13-25-18)17-7-5-6-16(23)10-17/h5-11,13-15,19H,12H2,1-4H3,(H,24,26,27)/t15-,19+/m0/s1. The first-order valence-electron chi connectivity index (χ1n) is 10.3. The van der Waals surface area contributed by atoms with E-state index in [0.29, 0.717) is 29.3 Å². The van der Waals surface area contributed by atoms with Gasteiger partial charge in [-0.2, -0.15) is 4.98 Å². The van der Waals surface area contributed by atoms with Crippen LogP contribution in [0.3, 0.4) is 0 Å². The Kier molecular flexibility index (Phi) is 5.82. The van der Waals surface area contributed by atoms with Gasteiger partial charge in [-0.1, -0.05) is 31.5 Å². The molecule has 162 valence electrons. The van der Waals surface area contributed by atoms with Crippen molar-refractivity contribution in [3.63, 3.8) is 0 Å². The van der Waals surface area contributed by atoms with E-state index in [0.717, 1.165) is 11.4 Å². The first-order valence-corrected chi connectivity index (χ1v) is 10.6. The number of rotatable bonds is 6. The van der Waals surface area contributed by atoms with Gasteiger partial charge in [0.2, 0.25) is 5.95 Å². The third kappa shape index (κ3) is 4.34. The Morgan fingerprint density at radius 2 is 2.00 bits per heavy atom. The lowest BCUT2D eigenvalue weighted by molar-refractivity contribution is 0.229. The second-order valence-corrected chi connectivity index (χ2v) is 8.57. The number of imidazole rings is 1. The molecule has 2 aromatic heterocycles. The number of hydrogen-bond acceptors (Lipinski definition) is 5. The van der Waals surface area contributed by atoms with Crippen molar-refractivity contribution in [1.82, 2.24) is 24.4 Å². The highest BCUT2D eigenvalue weighted by molar-refractivity contribution is 6.30. The van der Waals surface area contributed by atoms with E-state index < -0.39 is 0 Å². The van der Waals surface area contributed by atoms with Crippen molar-refractivity contribution < 1.29 is 4.79 Å². The molecule has 1 N–H and O–H groups in total. The molecule has 0 unspecified atom stereocenters. The molecule has 0 aliphatic carbocycles. The molecule has 0 spiro atoms. The van der Waals surface area contributed by atoms with Gasteiger partial charge in [0, 0.05) is 36.7 Å². The second-order valence-electron chi connectivity index (χ2n) is 8.13. The van der Waals surface area contributed by atoms with E-state index in [-0.39, 0.29) is 18.1 Å². The van der Waals surface area contributed by atoms with E-state index in [1.807, 2.05) is 49.0 Å². The van der Waals surface area contributed by atoms with Crippen molar-refractivity contribution in [3.8, 4) is 5.69 Å². The number of halogens is 1. The highest BCUT2D eigenvalue weighted by Gasteiger charge is 2.38. The lowest BCUT2D eigenvalue weighted by Crippen LogP contribution is -2.38. The van der Waals surface area contributed by atoms with Crippen molar-refractivity contribution in [1.29, 1.82) is 0 Å². The summed E-state index contributed by atoms with van der Waals surface area (Å²) >= 11 is 6.10. The Morgan fingerprint density at radius 3 is 2.74 bits per heavy atom. The van der Waals surface area contributed by atoms with Crippen molar-refractivity contribution >= 4 is 29.4 Å². The number of benzene rings is 1. The number of hydrogen-bond donors (Lipinski definition) is 1. The minimum atomic E-state index is -0.131. The minimum Gasteiger partial charge on any atom is -0.346 e. The molecule has 2 atom stereocenters. The van der Waals surface area contributed by atoms with Crippen molar-refractivity contribution in [2.45, 2.75) is 32.9 Å². The molecule has 1 aromatic carbocycles. The van der Waals surface area contributed by atoms with Gasteiger partial charge in [0.1, 0.15) is 5.82 Å². The number of amides is 2. The molecule has 3 aromatic rings. The third-order valence-electron chi connectivity index (χ3n) is 5.48. The Bertz CT molecular complexity index is 1080. The number of urea groups is 1. The summed E-state index contributed by atoms with van der Waals surface area (Å²) in [6, 6.07) is 9.26. The predicted octanol–water partition coefficient (Wildman–Crippen LogP) is 4.39. The normalized spacial score (nSPS) is 17.5. The Balaban J connectivity index is 1.52. The monoisotopic (exact) mass is 439 g/mol. The third-order valence-corrected chi connectivity index (χ3v) is 5.72. The van der Waals surface area contributed by atoms with Crippen molar-refractivity contribution in [2.24, 2.45) is 5.92 Å². The summed E-state index contributed by atoms with van der Waals surface area (Å²) in [6.07, 6.45) is 5.37. The number of anilines is 2. The smallest absolute Gasteiger partial charge is 0.325 e. The molecule has 3 heterocycles. The molecular weight excluding hydrogens is 414 g/mol. The zero-order valence-electron chi connectivity index (χ0n) is 18.0. The zero-order valence-corrected chi connectivity index (χ0v) is 18.8. The van der Waals surface area contributed by atoms with Crippen LogP contribution < -0.4 is 10.2 Å². The first kappa shape index (κ1) is 21.1. The summed E-state index contributed by atoms with van der Waals surface area (Å²) in [5, 5.41) is 3.96. The molecule has 4 rings (SSSR count). The van der Waals surface area contributed by atoms with Crippen molar-refractivity contribution in [2.75, 3.05) is 23.8 Å². The fourth-order valence-corrected chi connectivity index (χ4v) is 3.89. The number of aromatic nitrogens is 4. The highest BCUT2D eigenvalue weighted by atomic mass is 35.5. The molecule has 8 nitrogen and oxygen atoms in total. The van der Waals surface area contributed by atoms with Crippen LogP contribution in [-0.4, -0.2) is 50.1 Å². The molecule has 0 radical (unpaired) electrons. The summed E-state index contributed by atoms with van der Waals surface area (Å²) in [6.45, 7) is 6.90. The lowest BCUT2D eigenvalue weighted by atomic mass is 10.0. The Hall–Kier alpha value is -3.13. The average molecular weight is 440 g/mol. The van der Waals surface area contributed by atoms with Crippen LogP contribution in [0.25, 0.3) is 5.69 Å². The van der Waals surface area contributed by atoms with Gasteiger partial charge in [-0.05, 0) is 37.1 Å². The average Bonchev–Trinajstić information content (AvgIpc) is 3.34. The van der Waals surface area contributed by atoms with Crippen LogP contribution >= 0.6 is 11.6 Å². The van der Waals surface area contributed by atoms with Crippen LogP contribution in [0.2, 0.25) is 5.02 Å². The lowest BCUT2D eigenvalue weighted by Gasteiger charge is -2.25. The molecule has 1 fully saturated rings. The van der Waals surface area contributed by atoms with Crippen LogP contribution in [-0.2, 0) is 0 Å². The van der Waals surface area contributed by atoms with Gasteiger partial charge in [0.15, 0.2) is 0 Å². The van der Waals surface area contributed by atoms with E-state index >= 15 is 0 Å². The van der Waals surface area contributed by atoms with Gasteiger partial charge in [-0.25, -0.2) is 14.8 Å². The molecule has 31 heavy (non-hydrogen) atoms.